The first-order valence-electron chi connectivity index (χ1n) is 20.0. The van der Waals surface area contributed by atoms with E-state index in [2.05, 4.69) is 54.6 Å². The second-order valence-corrected chi connectivity index (χ2v) is 12.2. The molecule has 0 fully saturated rings. The van der Waals surface area contributed by atoms with Gasteiger partial charge >= 0.3 is 0 Å². The summed E-state index contributed by atoms with van der Waals surface area (Å²) in [6.07, 6.45) is 0. The summed E-state index contributed by atoms with van der Waals surface area (Å²) in [6, 6.07) is 41.7. The van der Waals surface area contributed by atoms with Gasteiger partial charge in [-0.25, -0.2) is 0 Å². The zero-order valence-electron chi connectivity index (χ0n) is 33.7. The Balaban J connectivity index is 1.30. The van der Waals surface area contributed by atoms with Crippen molar-refractivity contribution in [3.63, 3.8) is 0 Å². The Labute approximate surface area is 290 Å². The Bertz CT molecular complexity index is 3250. The fourth-order valence-corrected chi connectivity index (χ4v) is 7.48. The van der Waals surface area contributed by atoms with Crippen molar-refractivity contribution < 1.29 is 11.0 Å². The van der Waals surface area contributed by atoms with E-state index in [-0.39, 0.29) is 45.7 Å². The summed E-state index contributed by atoms with van der Waals surface area (Å²) in [5.74, 6) is 0. The highest BCUT2D eigenvalue weighted by Crippen LogP contribution is 2.45. The highest BCUT2D eigenvalue weighted by atomic mass is 14.2. The molecule has 0 saturated carbocycles. The quantitative estimate of drug-likeness (QED) is 0.137. The highest BCUT2D eigenvalue weighted by molar-refractivity contribution is 6.24. The van der Waals surface area contributed by atoms with Crippen LogP contribution in [0.2, 0.25) is 0 Å². The van der Waals surface area contributed by atoms with Crippen molar-refractivity contribution in [2.24, 2.45) is 0 Å². The smallest absolute Gasteiger partial charge is 0.0616 e. The Morgan fingerprint density at radius 2 is 0.792 bits per heavy atom. The Morgan fingerprint density at radius 1 is 0.312 bits per heavy atom. The van der Waals surface area contributed by atoms with E-state index < -0.39 is 24.2 Å². The lowest BCUT2D eigenvalue weighted by molar-refractivity contribution is 1.64. The third-order valence-corrected chi connectivity index (χ3v) is 9.65. The van der Waals surface area contributed by atoms with Gasteiger partial charge in [-0.2, -0.15) is 0 Å². The van der Waals surface area contributed by atoms with Crippen LogP contribution >= 0.6 is 0 Å². The molecular weight excluding hydrogens is 577 g/mol. The largest absolute Gasteiger partial charge is 0.0629 e. The molecule has 0 atom stereocenters. The lowest BCUT2D eigenvalue weighted by Crippen LogP contribution is -1.91. The molecular formula is C48H30. The summed E-state index contributed by atoms with van der Waals surface area (Å²) >= 11 is 0. The van der Waals surface area contributed by atoms with E-state index >= 15 is 0 Å². The van der Waals surface area contributed by atoms with E-state index in [0.29, 0.717) is 22.3 Å². The molecule has 0 aliphatic rings. The molecule has 0 heterocycles. The van der Waals surface area contributed by atoms with Crippen LogP contribution in [0.4, 0.5) is 0 Å². The number of benzene rings is 10. The molecule has 0 heteroatoms. The molecule has 10 aromatic rings. The maximum absolute atomic E-state index is 9.32. The lowest BCUT2D eigenvalue weighted by Gasteiger charge is -2.18. The Hall–Kier alpha value is -6.24. The van der Waals surface area contributed by atoms with Gasteiger partial charge in [-0.15, -0.1) is 0 Å². The predicted molar refractivity (Wildman–Crippen MR) is 208 cm³/mol. The normalized spacial score (nSPS) is 14.1. The monoisotopic (exact) mass is 614 g/mol. The molecule has 0 spiro atoms. The van der Waals surface area contributed by atoms with Gasteiger partial charge in [-0.05, 0) is 110 Å². The third-order valence-electron chi connectivity index (χ3n) is 9.65. The van der Waals surface area contributed by atoms with Crippen molar-refractivity contribution in [1.29, 1.82) is 0 Å². The molecule has 10 aromatic carbocycles. The van der Waals surface area contributed by atoms with Crippen LogP contribution in [0.5, 0.6) is 0 Å². The highest BCUT2D eigenvalue weighted by Gasteiger charge is 2.17. The molecule has 0 aliphatic heterocycles. The van der Waals surface area contributed by atoms with Crippen LogP contribution < -0.4 is 0 Å². The van der Waals surface area contributed by atoms with Crippen molar-refractivity contribution in [3.8, 4) is 33.4 Å². The van der Waals surface area contributed by atoms with Gasteiger partial charge in [-0.1, -0.05) is 170 Å². The van der Waals surface area contributed by atoms with Gasteiger partial charge in [0.05, 0.1) is 11.0 Å². The zero-order chi connectivity index (χ0) is 38.6. The first-order chi connectivity index (χ1) is 27.1. The summed E-state index contributed by atoms with van der Waals surface area (Å²) in [5.41, 5.74) is 3.80. The van der Waals surface area contributed by atoms with Gasteiger partial charge < -0.3 is 0 Å². The van der Waals surface area contributed by atoms with Crippen LogP contribution in [0.15, 0.2) is 182 Å². The van der Waals surface area contributed by atoms with E-state index in [0.717, 1.165) is 38.1 Å². The fraction of sp³-hybridized carbons (Fsp3) is 0. The minimum absolute atomic E-state index is 0.201. The minimum atomic E-state index is -0.417. The van der Waals surface area contributed by atoms with Crippen LogP contribution in [-0.4, -0.2) is 0 Å². The van der Waals surface area contributed by atoms with Crippen LogP contribution in [-0.2, 0) is 0 Å². The summed E-state index contributed by atoms with van der Waals surface area (Å²) < 4.78 is 72.3. The number of hydrogen-bond donors (Lipinski definition) is 0. The summed E-state index contributed by atoms with van der Waals surface area (Å²) in [5, 5.41) is 9.54. The van der Waals surface area contributed by atoms with Gasteiger partial charge in [0, 0.05) is 0 Å². The average Bonchev–Trinajstić information content (AvgIpc) is 3.24. The summed E-state index contributed by atoms with van der Waals surface area (Å²) in [6.45, 7) is 0. The molecule has 0 N–H and O–H groups in total. The fourth-order valence-electron chi connectivity index (χ4n) is 7.48. The van der Waals surface area contributed by atoms with Gasteiger partial charge in [0.2, 0.25) is 0 Å². The van der Waals surface area contributed by atoms with Crippen LogP contribution in [0.1, 0.15) is 11.0 Å². The average molecular weight is 615 g/mol. The lowest BCUT2D eigenvalue weighted by atomic mass is 9.85. The van der Waals surface area contributed by atoms with Gasteiger partial charge in [0.25, 0.3) is 0 Å². The van der Waals surface area contributed by atoms with Crippen LogP contribution in [0, 0.1) is 0 Å². The summed E-state index contributed by atoms with van der Waals surface area (Å²) in [4.78, 5) is 0. The maximum atomic E-state index is 9.32. The van der Waals surface area contributed by atoms with Crippen molar-refractivity contribution in [3.05, 3.63) is 182 Å². The maximum Gasteiger partial charge on any atom is 0.0629 e. The van der Waals surface area contributed by atoms with E-state index in [1.54, 1.807) is 0 Å². The van der Waals surface area contributed by atoms with E-state index in [4.69, 9.17) is 5.48 Å². The molecule has 0 unspecified atom stereocenters. The minimum Gasteiger partial charge on any atom is -0.0616 e. The molecule has 0 saturated heterocycles. The van der Waals surface area contributed by atoms with Gasteiger partial charge in [-0.3, -0.25) is 0 Å². The molecule has 48 heavy (non-hydrogen) atoms. The van der Waals surface area contributed by atoms with Crippen molar-refractivity contribution in [2.75, 3.05) is 0 Å². The standard InChI is InChI=1S/C48H30/c1-2-13-35-29-36(27-21-31(35)11-1)48-43-19-9-7-17-41(43)46(42-18-8-10-20-44(42)48)34-25-22-33(23-26-34)45-30-37-28-24-32-12-3-4-14-38(32)47(37)40-16-6-5-15-39(40)45/h1-30H/i7D,8D,9D,10D,17D,18D,19D,20D. The first-order valence-corrected chi connectivity index (χ1v) is 16.0. The SMILES string of the molecule is [2H]c1c([2H])c([2H])c2c(-c3ccc4ccccc4c3)c3c([2H])c([2H])c([2H])c([2H])c3c(-c3ccc(-c4cc5ccc6ccccc6c5c5ccccc45)cc3)c2c1[2H]. The topological polar surface area (TPSA) is 0 Å². The van der Waals surface area contributed by atoms with Crippen molar-refractivity contribution in [1.82, 2.24) is 0 Å². The van der Waals surface area contributed by atoms with E-state index in [9.17, 15) is 5.48 Å². The number of hydrogen-bond acceptors (Lipinski definition) is 0. The molecule has 0 amide bonds. The number of fused-ring (bicyclic) bond motifs is 8. The molecule has 222 valence electrons. The zero-order valence-corrected chi connectivity index (χ0v) is 25.7. The molecule has 0 bridgehead atoms. The van der Waals surface area contributed by atoms with Crippen LogP contribution in [0.3, 0.4) is 0 Å². The predicted octanol–water partition coefficient (Wildman–Crippen LogP) is 13.6. The van der Waals surface area contributed by atoms with Gasteiger partial charge in [0.1, 0.15) is 0 Å². The van der Waals surface area contributed by atoms with E-state index in [1.165, 1.54) is 16.2 Å². The van der Waals surface area contributed by atoms with Crippen molar-refractivity contribution >= 4 is 64.6 Å². The third kappa shape index (κ3) is 4.10. The summed E-state index contributed by atoms with van der Waals surface area (Å²) in [7, 11) is 0. The van der Waals surface area contributed by atoms with Crippen molar-refractivity contribution in [2.45, 2.75) is 0 Å². The molecule has 0 aromatic heterocycles. The Morgan fingerprint density at radius 3 is 1.48 bits per heavy atom. The second-order valence-electron chi connectivity index (χ2n) is 12.2. The second kappa shape index (κ2) is 10.7. The molecule has 10 rings (SSSR count). The van der Waals surface area contributed by atoms with E-state index in [1.807, 2.05) is 78.9 Å². The number of rotatable bonds is 3. The molecule has 0 radical (unpaired) electrons. The van der Waals surface area contributed by atoms with Crippen LogP contribution in [0.25, 0.3) is 98.0 Å². The molecule has 0 nitrogen and oxygen atoms in total. The molecule has 0 aliphatic carbocycles. The van der Waals surface area contributed by atoms with Gasteiger partial charge in [0.15, 0.2) is 0 Å². The Kier molecular flexibility index (Phi) is 4.46. The first kappa shape index (κ1) is 20.1.